The zero-order valence-electron chi connectivity index (χ0n) is 10.3. The Kier molecular flexibility index (Phi) is 4.80. The van der Waals surface area contributed by atoms with Crippen LogP contribution in [0, 0.1) is 0 Å². The number of alkyl halides is 3. The van der Waals surface area contributed by atoms with Crippen LogP contribution < -0.4 is 5.32 Å². The van der Waals surface area contributed by atoms with Crippen LogP contribution in [0.3, 0.4) is 0 Å². The van der Waals surface area contributed by atoms with Crippen LogP contribution in [0.25, 0.3) is 0 Å². The van der Waals surface area contributed by atoms with Gasteiger partial charge < -0.3 is 10.4 Å². The van der Waals surface area contributed by atoms with E-state index in [9.17, 15) is 18.3 Å². The Hall–Kier alpha value is -0.330. The average molecular weight is 254 g/mol. The van der Waals surface area contributed by atoms with Gasteiger partial charge in [0.1, 0.15) is 0 Å². The molecule has 0 saturated carbocycles. The molecule has 0 aromatic carbocycles. The molecule has 17 heavy (non-hydrogen) atoms. The zero-order chi connectivity index (χ0) is 13.1. The number of hydrogen-bond acceptors (Lipinski definition) is 3. The monoisotopic (exact) mass is 254 g/mol. The van der Waals surface area contributed by atoms with Crippen molar-refractivity contribution in [3.63, 3.8) is 0 Å². The van der Waals surface area contributed by atoms with E-state index in [0.717, 1.165) is 0 Å². The zero-order valence-corrected chi connectivity index (χ0v) is 10.3. The summed E-state index contributed by atoms with van der Waals surface area (Å²) < 4.78 is 36.5. The van der Waals surface area contributed by atoms with E-state index in [4.69, 9.17) is 0 Å². The predicted octanol–water partition coefficient (Wildman–Crippen LogP) is 1.37. The van der Waals surface area contributed by atoms with Crippen LogP contribution in [0.4, 0.5) is 13.2 Å². The van der Waals surface area contributed by atoms with Crippen molar-refractivity contribution in [3.8, 4) is 0 Å². The molecule has 0 amide bonds. The number of nitrogens with one attached hydrogen (secondary N) is 1. The summed E-state index contributed by atoms with van der Waals surface area (Å²) in [6, 6.07) is 0.214. The van der Waals surface area contributed by atoms with E-state index in [1.54, 1.807) is 13.8 Å². The highest BCUT2D eigenvalue weighted by molar-refractivity contribution is 4.80. The van der Waals surface area contributed by atoms with Crippen LogP contribution in [-0.4, -0.2) is 54.0 Å². The molecule has 1 aliphatic heterocycles. The molecule has 1 saturated heterocycles. The lowest BCUT2D eigenvalue weighted by Gasteiger charge is -2.34. The summed E-state index contributed by atoms with van der Waals surface area (Å²) in [5.74, 6) is 0. The van der Waals surface area contributed by atoms with Gasteiger partial charge in [-0.25, -0.2) is 0 Å². The van der Waals surface area contributed by atoms with Crippen molar-refractivity contribution in [2.75, 3.05) is 26.2 Å². The van der Waals surface area contributed by atoms with Crippen LogP contribution in [0.2, 0.25) is 0 Å². The Morgan fingerprint density at radius 2 is 1.76 bits per heavy atom. The summed E-state index contributed by atoms with van der Waals surface area (Å²) in [5, 5.41) is 12.7. The minimum atomic E-state index is -4.10. The smallest absolute Gasteiger partial charge is 0.389 e. The number of halogens is 3. The minimum Gasteiger partial charge on any atom is -0.389 e. The standard InChI is InChI=1S/C11H21F3N2O/c1-10(2,17)7-15-9-3-5-16(6-4-9)8-11(12,13)14/h9,15,17H,3-8H2,1-2H3. The molecule has 0 aromatic rings. The maximum atomic E-state index is 12.2. The summed E-state index contributed by atoms with van der Waals surface area (Å²) in [5.41, 5.74) is -0.775. The number of hydrogen-bond donors (Lipinski definition) is 2. The minimum absolute atomic E-state index is 0.214. The third-order valence-corrected chi connectivity index (χ3v) is 2.81. The molecule has 1 heterocycles. The fraction of sp³-hybridized carbons (Fsp3) is 1.00. The predicted molar refractivity (Wildman–Crippen MR) is 59.8 cm³/mol. The van der Waals surface area contributed by atoms with Crippen molar-refractivity contribution >= 4 is 0 Å². The van der Waals surface area contributed by atoms with E-state index in [0.29, 0.717) is 32.5 Å². The molecule has 2 N–H and O–H groups in total. The first-order chi connectivity index (χ1) is 7.66. The Morgan fingerprint density at radius 3 is 2.18 bits per heavy atom. The van der Waals surface area contributed by atoms with Gasteiger partial charge in [0.2, 0.25) is 0 Å². The fourth-order valence-electron chi connectivity index (χ4n) is 1.94. The van der Waals surface area contributed by atoms with E-state index >= 15 is 0 Å². The van der Waals surface area contributed by atoms with Crippen LogP contribution in [0.1, 0.15) is 26.7 Å². The van der Waals surface area contributed by atoms with Gasteiger partial charge in [-0.3, -0.25) is 4.90 Å². The molecule has 0 unspecified atom stereocenters. The second-order valence-electron chi connectivity index (χ2n) is 5.36. The van der Waals surface area contributed by atoms with Crippen LogP contribution >= 0.6 is 0 Å². The number of piperidine rings is 1. The van der Waals surface area contributed by atoms with Crippen molar-refractivity contribution < 1.29 is 18.3 Å². The summed E-state index contributed by atoms with van der Waals surface area (Å²) in [6.45, 7) is 3.99. The first-order valence-electron chi connectivity index (χ1n) is 5.91. The summed E-state index contributed by atoms with van der Waals surface area (Å²) in [7, 11) is 0. The number of nitrogens with zero attached hydrogens (tertiary/aromatic N) is 1. The summed E-state index contributed by atoms with van der Waals surface area (Å²) in [4.78, 5) is 1.43. The molecule has 0 aromatic heterocycles. The highest BCUT2D eigenvalue weighted by atomic mass is 19.4. The van der Waals surface area contributed by atoms with Crippen molar-refractivity contribution in [2.24, 2.45) is 0 Å². The lowest BCUT2D eigenvalue weighted by molar-refractivity contribution is -0.148. The molecule has 0 radical (unpaired) electrons. The molecule has 1 rings (SSSR count). The second kappa shape index (κ2) is 5.54. The van der Waals surface area contributed by atoms with Gasteiger partial charge in [0.05, 0.1) is 12.1 Å². The lowest BCUT2D eigenvalue weighted by atomic mass is 10.0. The van der Waals surface area contributed by atoms with Crippen molar-refractivity contribution in [2.45, 2.75) is 44.5 Å². The van der Waals surface area contributed by atoms with Crippen molar-refractivity contribution in [1.29, 1.82) is 0 Å². The highest BCUT2D eigenvalue weighted by Crippen LogP contribution is 2.19. The molecule has 1 aliphatic rings. The van der Waals surface area contributed by atoms with Gasteiger partial charge in [0, 0.05) is 12.6 Å². The third kappa shape index (κ3) is 6.85. The normalized spacial score (nSPS) is 20.8. The Labute approximate surface area is 100.0 Å². The number of likely N-dealkylation sites (tertiary alicyclic amines) is 1. The molecule has 6 heteroatoms. The maximum Gasteiger partial charge on any atom is 0.401 e. The fourth-order valence-corrected chi connectivity index (χ4v) is 1.94. The Morgan fingerprint density at radius 1 is 1.24 bits per heavy atom. The van der Waals surface area contributed by atoms with Gasteiger partial charge in [-0.05, 0) is 39.8 Å². The van der Waals surface area contributed by atoms with Crippen molar-refractivity contribution in [3.05, 3.63) is 0 Å². The highest BCUT2D eigenvalue weighted by Gasteiger charge is 2.32. The molecular formula is C11H21F3N2O. The molecule has 0 aliphatic carbocycles. The number of rotatable bonds is 4. The van der Waals surface area contributed by atoms with Gasteiger partial charge in [-0.1, -0.05) is 0 Å². The van der Waals surface area contributed by atoms with Gasteiger partial charge in [-0.15, -0.1) is 0 Å². The molecule has 3 nitrogen and oxygen atoms in total. The topological polar surface area (TPSA) is 35.5 Å². The van der Waals surface area contributed by atoms with Gasteiger partial charge >= 0.3 is 6.18 Å². The third-order valence-electron chi connectivity index (χ3n) is 2.81. The Balaban J connectivity index is 2.22. The summed E-state index contributed by atoms with van der Waals surface area (Å²) in [6.07, 6.45) is -2.70. The maximum absolute atomic E-state index is 12.2. The molecule has 102 valence electrons. The Bertz CT molecular complexity index is 230. The summed E-state index contributed by atoms with van der Waals surface area (Å²) >= 11 is 0. The van der Waals surface area contributed by atoms with Gasteiger partial charge in [-0.2, -0.15) is 13.2 Å². The van der Waals surface area contributed by atoms with E-state index in [2.05, 4.69) is 5.32 Å². The SMILES string of the molecule is CC(C)(O)CNC1CCN(CC(F)(F)F)CC1. The first-order valence-corrected chi connectivity index (χ1v) is 5.91. The first kappa shape index (κ1) is 14.7. The lowest BCUT2D eigenvalue weighted by Crippen LogP contribution is -2.48. The molecule has 0 bridgehead atoms. The largest absolute Gasteiger partial charge is 0.401 e. The van der Waals surface area contributed by atoms with Crippen LogP contribution in [0.15, 0.2) is 0 Å². The molecule has 1 fully saturated rings. The second-order valence-corrected chi connectivity index (χ2v) is 5.36. The quantitative estimate of drug-likeness (QED) is 0.795. The van der Waals surface area contributed by atoms with Gasteiger partial charge in [0.15, 0.2) is 0 Å². The number of aliphatic hydroxyl groups is 1. The molecule has 0 spiro atoms. The average Bonchev–Trinajstić information content (AvgIpc) is 2.13. The molecule has 0 atom stereocenters. The van der Waals surface area contributed by atoms with Crippen LogP contribution in [-0.2, 0) is 0 Å². The van der Waals surface area contributed by atoms with E-state index in [1.165, 1.54) is 4.90 Å². The van der Waals surface area contributed by atoms with E-state index in [1.807, 2.05) is 0 Å². The van der Waals surface area contributed by atoms with Crippen LogP contribution in [0.5, 0.6) is 0 Å². The van der Waals surface area contributed by atoms with Gasteiger partial charge in [0.25, 0.3) is 0 Å². The molecular weight excluding hydrogens is 233 g/mol. The van der Waals surface area contributed by atoms with E-state index < -0.39 is 18.3 Å². The van der Waals surface area contributed by atoms with E-state index in [-0.39, 0.29) is 6.04 Å². The van der Waals surface area contributed by atoms with Crippen molar-refractivity contribution in [1.82, 2.24) is 10.2 Å².